The molecule has 1 N–H and O–H groups in total. The molecule has 0 heterocycles. The fraction of sp³-hybridized carbons (Fsp3) is 0.500. The van der Waals surface area contributed by atoms with Gasteiger partial charge in [0.05, 0.1) is 4.47 Å². The summed E-state index contributed by atoms with van der Waals surface area (Å²) in [6.07, 6.45) is 2.30. The van der Waals surface area contributed by atoms with Crippen LogP contribution < -0.4 is 5.32 Å². The van der Waals surface area contributed by atoms with Crippen molar-refractivity contribution in [1.29, 1.82) is 0 Å². The summed E-state index contributed by atoms with van der Waals surface area (Å²) in [5.74, 6) is -0.169. The van der Waals surface area contributed by atoms with E-state index in [1.807, 2.05) is 0 Å². The van der Waals surface area contributed by atoms with Gasteiger partial charge in [-0.1, -0.05) is 12.1 Å². The van der Waals surface area contributed by atoms with Crippen LogP contribution in [-0.2, 0) is 9.84 Å². The molecule has 1 unspecified atom stereocenters. The van der Waals surface area contributed by atoms with Crippen molar-refractivity contribution in [2.45, 2.75) is 18.9 Å². The summed E-state index contributed by atoms with van der Waals surface area (Å²) >= 11 is 3.14. The van der Waals surface area contributed by atoms with Crippen LogP contribution >= 0.6 is 15.9 Å². The topological polar surface area (TPSA) is 46.2 Å². The van der Waals surface area contributed by atoms with Crippen molar-refractivity contribution >= 4 is 25.8 Å². The van der Waals surface area contributed by atoms with Gasteiger partial charge in [0.1, 0.15) is 15.7 Å². The first-order valence-corrected chi connectivity index (χ1v) is 8.49. The van der Waals surface area contributed by atoms with E-state index in [9.17, 15) is 12.8 Å². The third kappa shape index (κ3) is 4.66. The van der Waals surface area contributed by atoms with E-state index in [-0.39, 0.29) is 17.6 Å². The minimum atomic E-state index is -2.96. The second-order valence-corrected chi connectivity index (χ2v) is 7.37. The smallest absolute Gasteiger partial charge is 0.147 e. The van der Waals surface area contributed by atoms with E-state index in [0.717, 1.165) is 0 Å². The van der Waals surface area contributed by atoms with Crippen molar-refractivity contribution in [3.05, 3.63) is 34.1 Å². The minimum absolute atomic E-state index is 0.126. The van der Waals surface area contributed by atoms with Crippen LogP contribution in [0.3, 0.4) is 0 Å². The van der Waals surface area contributed by atoms with Crippen molar-refractivity contribution in [1.82, 2.24) is 5.32 Å². The van der Waals surface area contributed by atoms with E-state index in [4.69, 9.17) is 0 Å². The molecule has 0 aromatic heterocycles. The number of benzene rings is 1. The largest absolute Gasteiger partial charge is 0.313 e. The minimum Gasteiger partial charge on any atom is -0.313 e. The predicted molar refractivity (Wildman–Crippen MR) is 74.8 cm³/mol. The van der Waals surface area contributed by atoms with Crippen molar-refractivity contribution in [3.63, 3.8) is 0 Å². The van der Waals surface area contributed by atoms with Crippen molar-refractivity contribution in [2.24, 2.45) is 0 Å². The zero-order valence-corrected chi connectivity index (χ0v) is 12.8. The summed E-state index contributed by atoms with van der Waals surface area (Å²) in [7, 11) is -1.22. The molecule has 0 saturated heterocycles. The lowest BCUT2D eigenvalue weighted by atomic mass is 10.0. The van der Waals surface area contributed by atoms with Crippen LogP contribution in [0.15, 0.2) is 22.7 Å². The highest BCUT2D eigenvalue weighted by Crippen LogP contribution is 2.26. The Morgan fingerprint density at radius 2 is 2.11 bits per heavy atom. The van der Waals surface area contributed by atoms with Crippen molar-refractivity contribution in [2.75, 3.05) is 19.1 Å². The number of nitrogens with one attached hydrogen (secondary N) is 1. The molecule has 1 atom stereocenters. The highest BCUT2D eigenvalue weighted by Gasteiger charge is 2.16. The first kappa shape index (κ1) is 15.6. The van der Waals surface area contributed by atoms with Crippen LogP contribution in [0.2, 0.25) is 0 Å². The summed E-state index contributed by atoms with van der Waals surface area (Å²) in [6, 6.07) is 4.94. The van der Waals surface area contributed by atoms with E-state index >= 15 is 0 Å². The van der Waals surface area contributed by atoms with Crippen LogP contribution in [0.5, 0.6) is 0 Å². The molecule has 0 saturated carbocycles. The van der Waals surface area contributed by atoms with E-state index in [1.54, 1.807) is 25.2 Å². The van der Waals surface area contributed by atoms with Gasteiger partial charge >= 0.3 is 0 Å². The SMILES string of the molecule is CNC(CCCS(C)(=O)=O)c1cccc(Br)c1F. The summed E-state index contributed by atoms with van der Waals surface area (Å²) in [4.78, 5) is 0. The number of hydrogen-bond donors (Lipinski definition) is 1. The molecule has 6 heteroatoms. The molecule has 0 amide bonds. The lowest BCUT2D eigenvalue weighted by molar-refractivity contribution is 0.500. The van der Waals surface area contributed by atoms with Crippen LogP contribution in [0.1, 0.15) is 24.4 Å². The fourth-order valence-electron chi connectivity index (χ4n) is 1.79. The Bertz CT molecular complexity index is 505. The normalized spacial score (nSPS) is 13.6. The Morgan fingerprint density at radius 1 is 1.44 bits per heavy atom. The Labute approximate surface area is 116 Å². The molecule has 0 radical (unpaired) electrons. The van der Waals surface area contributed by atoms with E-state index in [1.165, 1.54) is 6.26 Å². The van der Waals surface area contributed by atoms with E-state index in [0.29, 0.717) is 22.9 Å². The van der Waals surface area contributed by atoms with Gasteiger partial charge in [-0.15, -0.1) is 0 Å². The Morgan fingerprint density at radius 3 is 2.67 bits per heavy atom. The van der Waals surface area contributed by atoms with Crippen LogP contribution in [0.25, 0.3) is 0 Å². The Hall–Kier alpha value is -0.460. The molecule has 18 heavy (non-hydrogen) atoms. The summed E-state index contributed by atoms with van der Waals surface area (Å²) < 4.78 is 36.4. The van der Waals surface area contributed by atoms with Gasteiger partial charge in [-0.2, -0.15) is 0 Å². The molecule has 0 bridgehead atoms. The lowest BCUT2D eigenvalue weighted by Gasteiger charge is -2.17. The number of sulfone groups is 1. The molecule has 1 aromatic rings. The van der Waals surface area contributed by atoms with Gasteiger partial charge in [0.15, 0.2) is 0 Å². The molecule has 102 valence electrons. The molecule has 0 aliphatic carbocycles. The molecular weight excluding hydrogens is 321 g/mol. The average Bonchev–Trinajstić information content (AvgIpc) is 2.27. The van der Waals surface area contributed by atoms with E-state index < -0.39 is 9.84 Å². The highest BCUT2D eigenvalue weighted by atomic mass is 79.9. The maximum absolute atomic E-state index is 13.9. The number of hydrogen-bond acceptors (Lipinski definition) is 3. The van der Waals surface area contributed by atoms with Crippen LogP contribution in [0.4, 0.5) is 4.39 Å². The summed E-state index contributed by atoms with van der Waals surface area (Å²) in [6.45, 7) is 0. The molecule has 0 aliphatic heterocycles. The highest BCUT2D eigenvalue weighted by molar-refractivity contribution is 9.10. The zero-order chi connectivity index (χ0) is 13.8. The van der Waals surface area contributed by atoms with Gasteiger partial charge in [0.25, 0.3) is 0 Å². The molecule has 0 fully saturated rings. The monoisotopic (exact) mass is 337 g/mol. The maximum atomic E-state index is 13.9. The van der Waals surface area contributed by atoms with Crippen LogP contribution in [-0.4, -0.2) is 27.5 Å². The zero-order valence-electron chi connectivity index (χ0n) is 10.4. The lowest BCUT2D eigenvalue weighted by Crippen LogP contribution is -2.19. The Kier molecular flexibility index (Phi) is 5.75. The molecule has 1 rings (SSSR count). The second-order valence-electron chi connectivity index (χ2n) is 4.26. The standard InChI is InChI=1S/C12H17BrFNO2S/c1-15-11(7-4-8-18(2,16)17)9-5-3-6-10(13)12(9)14/h3,5-6,11,15H,4,7-8H2,1-2H3. The maximum Gasteiger partial charge on any atom is 0.147 e. The van der Waals surface area contributed by atoms with Gasteiger partial charge in [0.2, 0.25) is 0 Å². The Balaban J connectivity index is 2.75. The summed E-state index contributed by atoms with van der Waals surface area (Å²) in [5.41, 5.74) is 0.556. The molecule has 0 aliphatic rings. The molecule has 3 nitrogen and oxygen atoms in total. The van der Waals surface area contributed by atoms with Crippen molar-refractivity contribution < 1.29 is 12.8 Å². The van der Waals surface area contributed by atoms with Crippen molar-refractivity contribution in [3.8, 4) is 0 Å². The van der Waals surface area contributed by atoms with Gasteiger partial charge < -0.3 is 5.32 Å². The number of halogens is 2. The van der Waals surface area contributed by atoms with Gasteiger partial charge in [-0.25, -0.2) is 12.8 Å². The van der Waals surface area contributed by atoms with Crippen LogP contribution in [0, 0.1) is 5.82 Å². The third-order valence-corrected chi connectivity index (χ3v) is 4.36. The second kappa shape index (κ2) is 6.63. The molecular formula is C12H17BrFNO2S. The first-order chi connectivity index (χ1) is 8.35. The van der Waals surface area contributed by atoms with Gasteiger partial charge in [0, 0.05) is 23.6 Å². The van der Waals surface area contributed by atoms with E-state index in [2.05, 4.69) is 21.2 Å². The first-order valence-electron chi connectivity index (χ1n) is 5.64. The fourth-order valence-corrected chi connectivity index (χ4v) is 2.87. The van der Waals surface area contributed by atoms with Gasteiger partial charge in [-0.05, 0) is 41.9 Å². The average molecular weight is 338 g/mol. The molecule has 0 spiro atoms. The van der Waals surface area contributed by atoms with Gasteiger partial charge in [-0.3, -0.25) is 0 Å². The number of rotatable bonds is 6. The molecule has 1 aromatic carbocycles. The predicted octanol–water partition coefficient (Wildman–Crippen LogP) is 2.67. The summed E-state index contributed by atoms with van der Waals surface area (Å²) in [5, 5.41) is 3.02. The third-order valence-electron chi connectivity index (χ3n) is 2.71. The quantitative estimate of drug-likeness (QED) is 0.867.